The molecule has 0 rings (SSSR count). The number of carbonyl (C=O) groups is 2. The third kappa shape index (κ3) is 22.7. The fourth-order valence-electron chi connectivity index (χ4n) is 1.70. The Hall–Kier alpha value is -1.46. The maximum atomic E-state index is 11.4. The fraction of sp³-hybridized carbons (Fsp3) is 0.895. The largest absolute Gasteiger partial charge is 0.458 e. The second-order valence-corrected chi connectivity index (χ2v) is 7.93. The van der Waals surface area contributed by atoms with Gasteiger partial charge in [0.25, 0.3) is 0 Å². The monoisotopic (exact) mass is 423 g/mol. The predicted molar refractivity (Wildman–Crippen MR) is 104 cm³/mol. The summed E-state index contributed by atoms with van der Waals surface area (Å²) in [7, 11) is 0. The van der Waals surface area contributed by atoms with E-state index in [1.165, 1.54) is 0 Å². The summed E-state index contributed by atoms with van der Waals surface area (Å²) < 4.78 is 31.2. The highest BCUT2D eigenvalue weighted by molar-refractivity contribution is 5.71. The van der Waals surface area contributed by atoms with Crippen LogP contribution in [-0.4, -0.2) is 82.7 Å². The second kappa shape index (κ2) is 15.4. The number of hydrogen-bond acceptors (Lipinski definition) is 9. The zero-order valence-corrected chi connectivity index (χ0v) is 18.5. The van der Waals surface area contributed by atoms with Crippen LogP contribution in [0.4, 0.5) is 4.79 Å². The van der Waals surface area contributed by atoms with E-state index < -0.39 is 23.3 Å². The lowest BCUT2D eigenvalue weighted by atomic mass is 10.2. The zero-order chi connectivity index (χ0) is 22.2. The molecule has 0 heterocycles. The molecule has 0 aliphatic rings. The highest BCUT2D eigenvalue weighted by atomic mass is 16.7. The van der Waals surface area contributed by atoms with Gasteiger partial charge in [-0.05, 0) is 41.5 Å². The number of esters is 1. The van der Waals surface area contributed by atoms with Crippen molar-refractivity contribution in [3.8, 4) is 0 Å². The van der Waals surface area contributed by atoms with Crippen molar-refractivity contribution < 1.29 is 42.8 Å². The standard InChI is InChI=1S/C19H37NO9/c1-18(2,3)28-16(21)15-26-12-11-24-8-7-23-9-10-25-13-14-27-20-17(22)29-19(4,5)6/h7-15H2,1-6H3,(H,20,22). The lowest BCUT2D eigenvalue weighted by molar-refractivity contribution is -0.160. The molecule has 0 radical (unpaired) electrons. The van der Waals surface area contributed by atoms with E-state index in [0.29, 0.717) is 46.2 Å². The molecule has 0 saturated heterocycles. The smallest absolute Gasteiger partial charge is 0.431 e. The van der Waals surface area contributed by atoms with Crippen molar-refractivity contribution in [3.05, 3.63) is 0 Å². The number of nitrogens with one attached hydrogen (secondary N) is 1. The van der Waals surface area contributed by atoms with Gasteiger partial charge in [0.1, 0.15) is 17.8 Å². The first kappa shape index (κ1) is 27.5. The van der Waals surface area contributed by atoms with Crippen molar-refractivity contribution in [1.82, 2.24) is 5.48 Å². The quantitative estimate of drug-likeness (QED) is 0.240. The molecule has 10 nitrogen and oxygen atoms in total. The van der Waals surface area contributed by atoms with Gasteiger partial charge in [-0.2, -0.15) is 5.48 Å². The summed E-state index contributed by atoms with van der Waals surface area (Å²) in [5, 5.41) is 0. The van der Waals surface area contributed by atoms with Gasteiger partial charge in [-0.3, -0.25) is 4.84 Å². The van der Waals surface area contributed by atoms with Gasteiger partial charge in [0.2, 0.25) is 0 Å². The van der Waals surface area contributed by atoms with E-state index in [-0.39, 0.29) is 13.2 Å². The minimum absolute atomic E-state index is 0.0918. The average Bonchev–Trinajstić information content (AvgIpc) is 2.55. The van der Waals surface area contributed by atoms with Gasteiger partial charge in [-0.15, -0.1) is 0 Å². The molecule has 0 saturated carbocycles. The molecule has 0 aromatic heterocycles. The van der Waals surface area contributed by atoms with Crippen molar-refractivity contribution in [2.24, 2.45) is 0 Å². The van der Waals surface area contributed by atoms with Crippen LogP contribution in [-0.2, 0) is 38.1 Å². The van der Waals surface area contributed by atoms with Crippen LogP contribution in [0, 0.1) is 0 Å². The van der Waals surface area contributed by atoms with Crippen LogP contribution in [0.15, 0.2) is 0 Å². The van der Waals surface area contributed by atoms with Crippen molar-refractivity contribution in [1.29, 1.82) is 0 Å². The van der Waals surface area contributed by atoms with Crippen LogP contribution >= 0.6 is 0 Å². The number of amides is 1. The van der Waals surface area contributed by atoms with Gasteiger partial charge in [0, 0.05) is 0 Å². The molecular formula is C19H37NO9. The Kier molecular flexibility index (Phi) is 14.6. The van der Waals surface area contributed by atoms with E-state index in [4.69, 9.17) is 33.3 Å². The van der Waals surface area contributed by atoms with Gasteiger partial charge in [0.15, 0.2) is 0 Å². The summed E-state index contributed by atoms with van der Waals surface area (Å²) in [4.78, 5) is 27.6. The van der Waals surface area contributed by atoms with E-state index in [0.717, 1.165) is 0 Å². The second-order valence-electron chi connectivity index (χ2n) is 7.93. The molecule has 0 fully saturated rings. The van der Waals surface area contributed by atoms with E-state index in [2.05, 4.69) is 5.48 Å². The molecule has 0 spiro atoms. The third-order valence-corrected chi connectivity index (χ3v) is 2.64. The molecule has 0 aromatic rings. The number of carbonyl (C=O) groups excluding carboxylic acids is 2. The van der Waals surface area contributed by atoms with Crippen LogP contribution < -0.4 is 5.48 Å². The van der Waals surface area contributed by atoms with Gasteiger partial charge in [-0.1, -0.05) is 0 Å². The molecule has 0 atom stereocenters. The minimum atomic E-state index is -0.643. The Morgan fingerprint density at radius 2 is 1.03 bits per heavy atom. The topological polar surface area (TPSA) is 111 Å². The lowest BCUT2D eigenvalue weighted by Crippen LogP contribution is -2.33. The molecule has 0 aliphatic heterocycles. The molecule has 0 unspecified atom stereocenters. The summed E-state index contributed by atoms with van der Waals surface area (Å²) in [6.45, 7) is 13.4. The lowest BCUT2D eigenvalue weighted by Gasteiger charge is -2.19. The minimum Gasteiger partial charge on any atom is -0.458 e. The van der Waals surface area contributed by atoms with Crippen LogP contribution in [0.2, 0.25) is 0 Å². The predicted octanol–water partition coefficient (Wildman–Crippen LogP) is 1.85. The molecule has 1 N–H and O–H groups in total. The number of hydroxylamine groups is 1. The first-order valence-corrected chi connectivity index (χ1v) is 9.63. The Bertz CT molecular complexity index is 404. The van der Waals surface area contributed by atoms with Gasteiger partial charge in [0.05, 0.1) is 52.9 Å². The van der Waals surface area contributed by atoms with Crippen LogP contribution in [0.25, 0.3) is 0 Å². The highest BCUT2D eigenvalue weighted by Crippen LogP contribution is 2.07. The highest BCUT2D eigenvalue weighted by Gasteiger charge is 2.16. The first-order chi connectivity index (χ1) is 13.5. The van der Waals surface area contributed by atoms with Crippen molar-refractivity contribution in [2.45, 2.75) is 52.7 Å². The van der Waals surface area contributed by atoms with Crippen LogP contribution in [0.1, 0.15) is 41.5 Å². The Morgan fingerprint density at radius 3 is 1.48 bits per heavy atom. The molecule has 172 valence electrons. The number of rotatable bonds is 15. The number of hydrogen-bond donors (Lipinski definition) is 1. The first-order valence-electron chi connectivity index (χ1n) is 9.63. The number of ether oxygens (including phenoxy) is 6. The Morgan fingerprint density at radius 1 is 0.621 bits per heavy atom. The maximum absolute atomic E-state index is 11.4. The molecule has 1 amide bonds. The average molecular weight is 424 g/mol. The molecule has 0 aromatic carbocycles. The molecule has 29 heavy (non-hydrogen) atoms. The summed E-state index contributed by atoms with van der Waals surface area (Å²) in [6.07, 6.45) is -0.643. The maximum Gasteiger partial charge on any atom is 0.431 e. The van der Waals surface area contributed by atoms with Gasteiger partial charge >= 0.3 is 12.1 Å². The summed E-state index contributed by atoms with van der Waals surface area (Å²) in [5.41, 5.74) is 1.09. The van der Waals surface area contributed by atoms with E-state index >= 15 is 0 Å². The Balaban J connectivity index is 3.26. The zero-order valence-electron chi connectivity index (χ0n) is 18.5. The SMILES string of the molecule is CC(C)(C)OC(=O)COCCOCCOCCOCCONC(=O)OC(C)(C)C. The van der Waals surface area contributed by atoms with Crippen molar-refractivity contribution in [3.63, 3.8) is 0 Å². The van der Waals surface area contributed by atoms with Crippen molar-refractivity contribution in [2.75, 3.05) is 59.5 Å². The Labute approximate surface area is 173 Å². The van der Waals surface area contributed by atoms with Gasteiger partial charge < -0.3 is 28.4 Å². The summed E-state index contributed by atoms with van der Waals surface area (Å²) >= 11 is 0. The van der Waals surface area contributed by atoms with Crippen molar-refractivity contribution >= 4 is 12.1 Å². The molecule has 0 aliphatic carbocycles. The fourth-order valence-corrected chi connectivity index (χ4v) is 1.70. The summed E-state index contributed by atoms with van der Waals surface area (Å²) in [6, 6.07) is 0. The summed E-state index contributed by atoms with van der Waals surface area (Å²) in [5.74, 6) is -0.396. The van der Waals surface area contributed by atoms with E-state index in [9.17, 15) is 9.59 Å². The van der Waals surface area contributed by atoms with Crippen LogP contribution in [0.5, 0.6) is 0 Å². The normalized spacial score (nSPS) is 11.9. The molecule has 10 heteroatoms. The van der Waals surface area contributed by atoms with E-state index in [1.54, 1.807) is 41.5 Å². The molecular weight excluding hydrogens is 386 g/mol. The van der Waals surface area contributed by atoms with Crippen LogP contribution in [0.3, 0.4) is 0 Å². The third-order valence-electron chi connectivity index (χ3n) is 2.64. The molecule has 0 bridgehead atoms. The van der Waals surface area contributed by atoms with E-state index in [1.807, 2.05) is 0 Å². The van der Waals surface area contributed by atoms with Gasteiger partial charge in [-0.25, -0.2) is 9.59 Å².